The number of hydrogen-bond donors (Lipinski definition) is 0. The van der Waals surface area contributed by atoms with Crippen molar-refractivity contribution in [1.29, 1.82) is 0 Å². The number of aliphatic imine (C=N–C) groups is 1. The number of hydrogen-bond acceptors (Lipinski definition) is 5. The van der Waals surface area contributed by atoms with E-state index < -0.39 is 0 Å². The zero-order valence-corrected chi connectivity index (χ0v) is 15.6. The Morgan fingerprint density at radius 2 is 1.58 bits per heavy atom. The molecule has 0 aliphatic carbocycles. The van der Waals surface area contributed by atoms with Gasteiger partial charge in [-0.3, -0.25) is 9.59 Å². The minimum Gasteiger partial charge on any atom is -0.371 e. The Morgan fingerprint density at radius 3 is 2.27 bits per heavy atom. The van der Waals surface area contributed by atoms with Gasteiger partial charge in [0.05, 0.1) is 4.91 Å². The molecule has 0 atom stereocenters. The number of Topliss-reactive ketones (excluding diaryl/α,β-unsaturated/α-hetero) is 1. The fraction of sp³-hybridized carbons (Fsp3) is 0.450. The predicted octanol–water partition coefficient (Wildman–Crippen LogP) is 3.31. The fourth-order valence-electron chi connectivity index (χ4n) is 3.57. The van der Waals surface area contributed by atoms with Crippen LogP contribution in [-0.2, 0) is 9.59 Å². The first kappa shape index (κ1) is 17.3. The van der Waals surface area contributed by atoms with E-state index in [-0.39, 0.29) is 5.91 Å². The average molecular weight is 369 g/mol. The Morgan fingerprint density at radius 1 is 0.885 bits per heavy atom. The number of benzene rings is 1. The lowest BCUT2D eigenvalue weighted by atomic mass is 10.1. The summed E-state index contributed by atoms with van der Waals surface area (Å²) in [7, 11) is 0. The van der Waals surface area contributed by atoms with Crippen molar-refractivity contribution >= 4 is 40.4 Å². The van der Waals surface area contributed by atoms with Crippen LogP contribution in [0.15, 0.2) is 34.2 Å². The zero-order chi connectivity index (χ0) is 17.9. The number of piperidine rings is 2. The summed E-state index contributed by atoms with van der Waals surface area (Å²) in [6, 6.07) is 8.20. The highest BCUT2D eigenvalue weighted by molar-refractivity contribution is 8.18. The number of rotatable bonds is 2. The third kappa shape index (κ3) is 3.85. The van der Waals surface area contributed by atoms with E-state index >= 15 is 0 Å². The van der Waals surface area contributed by atoms with Gasteiger partial charge in [-0.05, 0) is 54.8 Å². The number of anilines is 1. The van der Waals surface area contributed by atoms with E-state index in [0.717, 1.165) is 42.6 Å². The Labute approximate surface area is 158 Å². The number of ketones is 1. The second kappa shape index (κ2) is 7.66. The van der Waals surface area contributed by atoms with E-state index in [0.29, 0.717) is 23.5 Å². The van der Waals surface area contributed by atoms with Gasteiger partial charge in [-0.2, -0.15) is 4.99 Å². The molecular weight excluding hydrogens is 346 g/mol. The highest BCUT2D eigenvalue weighted by Gasteiger charge is 2.26. The molecule has 0 spiro atoms. The van der Waals surface area contributed by atoms with Gasteiger partial charge in [-0.25, -0.2) is 0 Å². The van der Waals surface area contributed by atoms with Crippen LogP contribution in [0.4, 0.5) is 5.69 Å². The van der Waals surface area contributed by atoms with Crippen LogP contribution in [0.25, 0.3) is 6.08 Å². The van der Waals surface area contributed by atoms with Crippen molar-refractivity contribution in [3.05, 3.63) is 34.7 Å². The summed E-state index contributed by atoms with van der Waals surface area (Å²) in [5.74, 6) is 0.220. The lowest BCUT2D eigenvalue weighted by Crippen LogP contribution is -2.33. The standard InChI is InChI=1S/C20H23N3O2S/c24-17-8-12-22(13-9-17)16-6-4-15(5-7-16)14-18-19(25)21-20(26-18)23-10-2-1-3-11-23/h4-7,14H,1-3,8-13H2/b18-14+. The van der Waals surface area contributed by atoms with Crippen molar-refractivity contribution in [3.63, 3.8) is 0 Å². The number of nitrogens with zero attached hydrogens (tertiary/aromatic N) is 3. The summed E-state index contributed by atoms with van der Waals surface area (Å²) in [6.45, 7) is 3.58. The van der Waals surface area contributed by atoms with Crippen LogP contribution in [0.3, 0.4) is 0 Å². The van der Waals surface area contributed by atoms with Crippen molar-refractivity contribution in [2.24, 2.45) is 4.99 Å². The zero-order valence-electron chi connectivity index (χ0n) is 14.8. The molecular formula is C20H23N3O2S. The molecule has 1 amide bonds. The number of amidine groups is 1. The maximum absolute atomic E-state index is 12.2. The molecule has 0 unspecified atom stereocenters. The molecule has 5 nitrogen and oxygen atoms in total. The van der Waals surface area contributed by atoms with Crippen LogP contribution in [0, 0.1) is 0 Å². The van der Waals surface area contributed by atoms with Crippen LogP contribution >= 0.6 is 11.8 Å². The van der Waals surface area contributed by atoms with Gasteiger partial charge in [0, 0.05) is 44.7 Å². The third-order valence-electron chi connectivity index (χ3n) is 5.11. The van der Waals surface area contributed by atoms with E-state index in [1.165, 1.54) is 31.0 Å². The van der Waals surface area contributed by atoms with Gasteiger partial charge < -0.3 is 9.80 Å². The monoisotopic (exact) mass is 369 g/mol. The first-order valence-corrected chi connectivity index (χ1v) is 10.1. The van der Waals surface area contributed by atoms with Crippen LogP contribution in [-0.4, -0.2) is 47.9 Å². The SMILES string of the molecule is O=C1CCN(c2ccc(/C=C3/SC(N4CCCCC4)=NC3=O)cc2)CC1. The Kier molecular flexibility index (Phi) is 5.11. The molecule has 6 heteroatoms. The minimum atomic E-state index is -0.130. The Hall–Kier alpha value is -2.08. The van der Waals surface area contributed by atoms with Crippen LogP contribution in [0.5, 0.6) is 0 Å². The largest absolute Gasteiger partial charge is 0.371 e. The second-order valence-electron chi connectivity index (χ2n) is 6.98. The van der Waals surface area contributed by atoms with E-state index in [1.54, 1.807) is 0 Å². The summed E-state index contributed by atoms with van der Waals surface area (Å²) >= 11 is 1.49. The molecule has 0 bridgehead atoms. The quantitative estimate of drug-likeness (QED) is 0.749. The van der Waals surface area contributed by atoms with Crippen molar-refractivity contribution in [3.8, 4) is 0 Å². The Bertz CT molecular complexity index is 754. The summed E-state index contributed by atoms with van der Waals surface area (Å²) in [5.41, 5.74) is 2.14. The molecule has 136 valence electrons. The maximum Gasteiger partial charge on any atom is 0.286 e. The second-order valence-corrected chi connectivity index (χ2v) is 7.98. The molecule has 0 N–H and O–H groups in total. The van der Waals surface area contributed by atoms with E-state index in [9.17, 15) is 9.59 Å². The van der Waals surface area contributed by atoms with Gasteiger partial charge in [0.25, 0.3) is 5.91 Å². The van der Waals surface area contributed by atoms with E-state index in [1.807, 2.05) is 18.2 Å². The molecule has 1 aromatic rings. The molecule has 26 heavy (non-hydrogen) atoms. The summed E-state index contributed by atoms with van der Waals surface area (Å²) in [6.07, 6.45) is 6.81. The predicted molar refractivity (Wildman–Crippen MR) is 106 cm³/mol. The number of likely N-dealkylation sites (tertiary alicyclic amines) is 1. The van der Waals surface area contributed by atoms with Crippen molar-refractivity contribution in [2.75, 3.05) is 31.1 Å². The van der Waals surface area contributed by atoms with Crippen molar-refractivity contribution in [2.45, 2.75) is 32.1 Å². The van der Waals surface area contributed by atoms with Gasteiger partial charge in [-0.15, -0.1) is 0 Å². The van der Waals surface area contributed by atoms with Gasteiger partial charge in [0.2, 0.25) is 0 Å². The molecule has 0 radical (unpaired) electrons. The van der Waals surface area contributed by atoms with E-state index in [2.05, 4.69) is 26.9 Å². The number of amides is 1. The average Bonchev–Trinajstić information content (AvgIpc) is 3.04. The van der Waals surface area contributed by atoms with Gasteiger partial charge in [0.1, 0.15) is 5.78 Å². The summed E-state index contributed by atoms with van der Waals surface area (Å²) in [4.78, 5) is 33.0. The molecule has 0 saturated carbocycles. The molecule has 3 aliphatic heterocycles. The topological polar surface area (TPSA) is 53.0 Å². The van der Waals surface area contributed by atoms with E-state index in [4.69, 9.17) is 0 Å². The highest BCUT2D eigenvalue weighted by Crippen LogP contribution is 2.31. The van der Waals surface area contributed by atoms with Crippen molar-refractivity contribution < 1.29 is 9.59 Å². The van der Waals surface area contributed by atoms with Crippen LogP contribution in [0.2, 0.25) is 0 Å². The molecule has 2 saturated heterocycles. The molecule has 3 heterocycles. The van der Waals surface area contributed by atoms with Crippen LogP contribution < -0.4 is 4.90 Å². The van der Waals surface area contributed by atoms with Crippen molar-refractivity contribution in [1.82, 2.24) is 4.90 Å². The van der Waals surface area contributed by atoms with Gasteiger partial charge in [-0.1, -0.05) is 12.1 Å². The molecule has 0 aromatic heterocycles. The van der Waals surface area contributed by atoms with Gasteiger partial charge >= 0.3 is 0 Å². The number of thioether (sulfide) groups is 1. The normalized spacial score (nSPS) is 22.9. The number of carbonyl (C=O) groups excluding carboxylic acids is 2. The first-order valence-electron chi connectivity index (χ1n) is 9.33. The third-order valence-corrected chi connectivity index (χ3v) is 6.16. The fourth-order valence-corrected chi connectivity index (χ4v) is 4.53. The molecule has 1 aromatic carbocycles. The first-order chi connectivity index (χ1) is 12.7. The lowest BCUT2D eigenvalue weighted by Gasteiger charge is -2.28. The van der Waals surface area contributed by atoms with Crippen LogP contribution in [0.1, 0.15) is 37.7 Å². The smallest absolute Gasteiger partial charge is 0.286 e. The maximum atomic E-state index is 12.2. The molecule has 3 aliphatic rings. The summed E-state index contributed by atoms with van der Waals surface area (Å²) in [5, 5.41) is 0.857. The minimum absolute atomic E-state index is 0.130. The highest BCUT2D eigenvalue weighted by atomic mass is 32.2. The number of carbonyl (C=O) groups is 2. The van der Waals surface area contributed by atoms with Gasteiger partial charge in [0.15, 0.2) is 5.17 Å². The molecule has 4 rings (SSSR count). The lowest BCUT2D eigenvalue weighted by molar-refractivity contribution is -0.119. The molecule has 2 fully saturated rings. The summed E-state index contributed by atoms with van der Waals surface area (Å²) < 4.78 is 0. The Balaban J connectivity index is 1.42.